The largest absolute Gasteiger partial charge is 0.314 e. The molecule has 1 aliphatic rings. The van der Waals surface area contributed by atoms with E-state index in [0.717, 1.165) is 32.6 Å². The molecule has 0 spiro atoms. The van der Waals surface area contributed by atoms with Gasteiger partial charge in [-0.3, -0.25) is 9.69 Å². The second-order valence-corrected chi connectivity index (χ2v) is 6.05. The molecule has 1 aliphatic heterocycles. The highest BCUT2D eigenvalue weighted by atomic mass is 16.1. The van der Waals surface area contributed by atoms with Crippen molar-refractivity contribution in [3.05, 3.63) is 34.7 Å². The van der Waals surface area contributed by atoms with Crippen molar-refractivity contribution >= 4 is 0 Å². The normalized spacial score (nSPS) is 24.2. The van der Waals surface area contributed by atoms with Crippen LogP contribution in [0.15, 0.2) is 29.2 Å². The Bertz CT molecular complexity index is 469. The van der Waals surface area contributed by atoms with Crippen LogP contribution < -0.4 is 10.9 Å². The van der Waals surface area contributed by atoms with E-state index in [4.69, 9.17) is 0 Å². The van der Waals surface area contributed by atoms with Gasteiger partial charge in [0, 0.05) is 50.5 Å². The minimum absolute atomic E-state index is 0.0936. The maximum Gasteiger partial charge on any atom is 0.250 e. The van der Waals surface area contributed by atoms with E-state index >= 15 is 0 Å². The maximum absolute atomic E-state index is 11.7. The molecule has 112 valence electrons. The first-order chi connectivity index (χ1) is 9.61. The highest BCUT2D eigenvalue weighted by molar-refractivity contribution is 4.94. The van der Waals surface area contributed by atoms with Gasteiger partial charge >= 0.3 is 0 Å². The molecule has 4 heteroatoms. The fraction of sp³-hybridized carbons (Fsp3) is 0.688. The van der Waals surface area contributed by atoms with E-state index in [1.54, 1.807) is 16.7 Å². The molecule has 0 aromatic carbocycles. The Hall–Kier alpha value is -1.13. The molecular weight excluding hydrogens is 250 g/mol. The van der Waals surface area contributed by atoms with Gasteiger partial charge in [-0.1, -0.05) is 26.8 Å². The molecule has 2 heterocycles. The number of hydrogen-bond donors (Lipinski definition) is 1. The first-order valence-electron chi connectivity index (χ1n) is 7.74. The van der Waals surface area contributed by atoms with E-state index in [9.17, 15) is 4.79 Å². The summed E-state index contributed by atoms with van der Waals surface area (Å²) < 4.78 is 1.80. The number of piperazine rings is 1. The van der Waals surface area contributed by atoms with Gasteiger partial charge in [-0.25, -0.2) is 0 Å². The number of hydrogen-bond acceptors (Lipinski definition) is 3. The third-order valence-corrected chi connectivity index (χ3v) is 4.37. The van der Waals surface area contributed by atoms with Crippen molar-refractivity contribution < 1.29 is 0 Å². The lowest BCUT2D eigenvalue weighted by Crippen LogP contribution is -2.58. The third kappa shape index (κ3) is 3.70. The fourth-order valence-corrected chi connectivity index (χ4v) is 2.89. The molecule has 0 saturated carbocycles. The van der Waals surface area contributed by atoms with Gasteiger partial charge in [0.05, 0.1) is 0 Å². The van der Waals surface area contributed by atoms with Crippen LogP contribution in [0.4, 0.5) is 0 Å². The molecule has 4 nitrogen and oxygen atoms in total. The van der Waals surface area contributed by atoms with Crippen LogP contribution in [0.5, 0.6) is 0 Å². The van der Waals surface area contributed by atoms with Crippen LogP contribution in [-0.2, 0) is 6.54 Å². The number of rotatable bonds is 5. The molecule has 1 N–H and O–H groups in total. The van der Waals surface area contributed by atoms with Crippen LogP contribution in [0, 0.1) is 5.92 Å². The molecule has 20 heavy (non-hydrogen) atoms. The second kappa shape index (κ2) is 7.04. The first-order valence-corrected chi connectivity index (χ1v) is 7.74. The molecule has 0 radical (unpaired) electrons. The lowest BCUT2D eigenvalue weighted by molar-refractivity contribution is 0.106. The molecule has 2 atom stereocenters. The van der Waals surface area contributed by atoms with Crippen LogP contribution >= 0.6 is 0 Å². The van der Waals surface area contributed by atoms with Crippen molar-refractivity contribution in [2.75, 3.05) is 19.6 Å². The standard InChI is InChI=1S/C16H27N3O/c1-4-14-11-17-15(13(2)3)12-19(14)10-9-18-8-6-5-7-16(18)20/h5-8,13-15,17H,4,9-12H2,1-3H3. The fourth-order valence-electron chi connectivity index (χ4n) is 2.89. The summed E-state index contributed by atoms with van der Waals surface area (Å²) in [5.41, 5.74) is 0.0936. The average molecular weight is 277 g/mol. The molecule has 0 aliphatic carbocycles. The first kappa shape index (κ1) is 15.3. The summed E-state index contributed by atoms with van der Waals surface area (Å²) in [6, 6.07) is 6.50. The van der Waals surface area contributed by atoms with E-state index in [1.807, 2.05) is 12.3 Å². The Kier molecular flexibility index (Phi) is 5.38. The van der Waals surface area contributed by atoms with Crippen molar-refractivity contribution in [3.63, 3.8) is 0 Å². The molecule has 1 saturated heterocycles. The minimum atomic E-state index is 0.0936. The van der Waals surface area contributed by atoms with Crippen molar-refractivity contribution in [3.8, 4) is 0 Å². The second-order valence-electron chi connectivity index (χ2n) is 6.05. The van der Waals surface area contributed by atoms with E-state index in [2.05, 4.69) is 31.0 Å². The summed E-state index contributed by atoms with van der Waals surface area (Å²) in [5, 5.41) is 3.65. The van der Waals surface area contributed by atoms with Crippen LogP contribution in [0.2, 0.25) is 0 Å². The molecule has 1 aromatic rings. The summed E-state index contributed by atoms with van der Waals surface area (Å²) in [5.74, 6) is 0.648. The van der Waals surface area contributed by atoms with Gasteiger partial charge in [-0.2, -0.15) is 0 Å². The van der Waals surface area contributed by atoms with Gasteiger partial charge in [-0.05, 0) is 18.4 Å². The highest BCUT2D eigenvalue weighted by Crippen LogP contribution is 2.14. The van der Waals surface area contributed by atoms with Crippen LogP contribution in [0.25, 0.3) is 0 Å². The monoisotopic (exact) mass is 277 g/mol. The lowest BCUT2D eigenvalue weighted by atomic mass is 9.98. The van der Waals surface area contributed by atoms with Crippen LogP contribution in [0.1, 0.15) is 27.2 Å². The lowest BCUT2D eigenvalue weighted by Gasteiger charge is -2.41. The van der Waals surface area contributed by atoms with E-state index in [0.29, 0.717) is 18.0 Å². The Morgan fingerprint density at radius 2 is 2.15 bits per heavy atom. The van der Waals surface area contributed by atoms with E-state index in [1.165, 1.54) is 0 Å². The van der Waals surface area contributed by atoms with Gasteiger partial charge in [0.25, 0.3) is 5.56 Å². The average Bonchev–Trinajstić information content (AvgIpc) is 2.46. The van der Waals surface area contributed by atoms with Gasteiger partial charge in [0.1, 0.15) is 0 Å². The smallest absolute Gasteiger partial charge is 0.250 e. The number of aromatic nitrogens is 1. The number of nitrogens with one attached hydrogen (secondary N) is 1. The molecule has 1 fully saturated rings. The molecule has 0 bridgehead atoms. The Labute approximate surface area is 121 Å². The van der Waals surface area contributed by atoms with Gasteiger partial charge in [0.15, 0.2) is 0 Å². The third-order valence-electron chi connectivity index (χ3n) is 4.37. The van der Waals surface area contributed by atoms with Gasteiger partial charge in [0.2, 0.25) is 0 Å². The summed E-state index contributed by atoms with van der Waals surface area (Å²) in [7, 11) is 0. The zero-order chi connectivity index (χ0) is 14.5. The van der Waals surface area contributed by atoms with Crippen molar-refractivity contribution in [2.24, 2.45) is 5.92 Å². The molecule has 1 aromatic heterocycles. The van der Waals surface area contributed by atoms with Crippen molar-refractivity contribution in [2.45, 2.75) is 45.8 Å². The van der Waals surface area contributed by atoms with Crippen LogP contribution in [-0.4, -0.2) is 41.2 Å². The summed E-state index contributed by atoms with van der Waals surface area (Å²) in [6.45, 7) is 10.6. The molecular formula is C16H27N3O. The molecule has 2 rings (SSSR count). The number of nitrogens with zero attached hydrogens (tertiary/aromatic N) is 2. The van der Waals surface area contributed by atoms with E-state index < -0.39 is 0 Å². The number of pyridine rings is 1. The summed E-state index contributed by atoms with van der Waals surface area (Å²) in [4.78, 5) is 14.3. The summed E-state index contributed by atoms with van der Waals surface area (Å²) >= 11 is 0. The zero-order valence-electron chi connectivity index (χ0n) is 12.9. The highest BCUT2D eigenvalue weighted by Gasteiger charge is 2.27. The maximum atomic E-state index is 11.7. The zero-order valence-corrected chi connectivity index (χ0v) is 12.9. The van der Waals surface area contributed by atoms with Crippen molar-refractivity contribution in [1.29, 1.82) is 0 Å². The SMILES string of the molecule is CCC1CNC(C(C)C)CN1CCn1ccccc1=O. The predicted molar refractivity (Wildman–Crippen MR) is 83.0 cm³/mol. The summed E-state index contributed by atoms with van der Waals surface area (Å²) in [6.07, 6.45) is 3.03. The topological polar surface area (TPSA) is 37.3 Å². The molecule has 2 unspecified atom stereocenters. The molecule has 0 amide bonds. The predicted octanol–water partition coefficient (Wildman–Crippen LogP) is 1.56. The minimum Gasteiger partial charge on any atom is -0.314 e. The Balaban J connectivity index is 1.98. The van der Waals surface area contributed by atoms with E-state index in [-0.39, 0.29) is 5.56 Å². The van der Waals surface area contributed by atoms with Gasteiger partial charge < -0.3 is 9.88 Å². The Morgan fingerprint density at radius 1 is 1.35 bits per heavy atom. The van der Waals surface area contributed by atoms with Crippen molar-refractivity contribution in [1.82, 2.24) is 14.8 Å². The Morgan fingerprint density at radius 3 is 2.80 bits per heavy atom. The van der Waals surface area contributed by atoms with Gasteiger partial charge in [-0.15, -0.1) is 0 Å². The van der Waals surface area contributed by atoms with Crippen LogP contribution in [0.3, 0.4) is 0 Å². The quantitative estimate of drug-likeness (QED) is 0.887.